The molecule has 4 rings (SSSR count). The first-order chi connectivity index (χ1) is 16.0. The molecule has 1 aromatic heterocycles. The fraction of sp³-hybridized carbons (Fsp3) is 0.333. The van der Waals surface area contributed by atoms with Gasteiger partial charge in [-0.3, -0.25) is 15.0 Å². The quantitative estimate of drug-likeness (QED) is 0.358. The Bertz CT molecular complexity index is 1080. The molecule has 0 aliphatic carbocycles. The number of nitrogens with zero attached hydrogens (tertiary/aromatic N) is 2. The highest BCUT2D eigenvalue weighted by atomic mass is 35.5. The van der Waals surface area contributed by atoms with Gasteiger partial charge in [-0.05, 0) is 42.0 Å². The van der Waals surface area contributed by atoms with Gasteiger partial charge in [0.1, 0.15) is 17.3 Å². The van der Waals surface area contributed by atoms with Crippen LogP contribution in [0.5, 0.6) is 5.75 Å². The molecule has 0 spiro atoms. The molecule has 2 heterocycles. The molecule has 0 bridgehead atoms. The van der Waals surface area contributed by atoms with Gasteiger partial charge in [0.25, 0.3) is 5.69 Å². The molecule has 0 radical (unpaired) electrons. The van der Waals surface area contributed by atoms with E-state index in [4.69, 9.17) is 25.5 Å². The van der Waals surface area contributed by atoms with Crippen LogP contribution in [0.4, 0.5) is 5.69 Å². The van der Waals surface area contributed by atoms with Crippen molar-refractivity contribution in [3.63, 3.8) is 0 Å². The fourth-order valence-corrected chi connectivity index (χ4v) is 4.15. The summed E-state index contributed by atoms with van der Waals surface area (Å²) in [5.41, 5.74) is 1.52. The molecule has 0 saturated carbocycles. The lowest BCUT2D eigenvalue weighted by molar-refractivity contribution is -0.384. The number of methoxy groups -OCH3 is 1. The summed E-state index contributed by atoms with van der Waals surface area (Å²) in [4.78, 5) is 13.3. The molecule has 1 saturated heterocycles. The summed E-state index contributed by atoms with van der Waals surface area (Å²) >= 11 is 5.92. The van der Waals surface area contributed by atoms with Gasteiger partial charge in [0.05, 0.1) is 37.4 Å². The molecular weight excluding hydrogens is 446 g/mol. The van der Waals surface area contributed by atoms with Crippen molar-refractivity contribution in [2.24, 2.45) is 0 Å². The van der Waals surface area contributed by atoms with Crippen LogP contribution < -0.4 is 10.1 Å². The molecule has 1 N–H and O–H groups in total. The van der Waals surface area contributed by atoms with Gasteiger partial charge < -0.3 is 19.2 Å². The fourth-order valence-electron chi connectivity index (χ4n) is 3.99. The highest BCUT2D eigenvalue weighted by molar-refractivity contribution is 6.30. The molecule has 174 valence electrons. The van der Waals surface area contributed by atoms with Crippen LogP contribution in [0, 0.1) is 10.1 Å². The summed E-state index contributed by atoms with van der Waals surface area (Å²) < 4.78 is 16.7. The molecule has 2 aromatic carbocycles. The normalized spacial score (nSPS) is 15.3. The zero-order valence-electron chi connectivity index (χ0n) is 18.3. The lowest BCUT2D eigenvalue weighted by atomic mass is 10.0. The van der Waals surface area contributed by atoms with Crippen LogP contribution in [0.15, 0.2) is 59.0 Å². The second-order valence-corrected chi connectivity index (χ2v) is 8.19. The number of nitro groups is 1. The van der Waals surface area contributed by atoms with Crippen LogP contribution in [0.1, 0.15) is 17.4 Å². The van der Waals surface area contributed by atoms with Crippen molar-refractivity contribution in [1.82, 2.24) is 10.2 Å². The maximum absolute atomic E-state index is 11.4. The Morgan fingerprint density at radius 2 is 1.91 bits per heavy atom. The Morgan fingerprint density at radius 3 is 2.61 bits per heavy atom. The minimum Gasteiger partial charge on any atom is -0.497 e. The van der Waals surface area contributed by atoms with E-state index in [0.29, 0.717) is 48.4 Å². The SMILES string of the molecule is COc1ccc(C(CNCc2ccc(-c3ccc(Cl)cc3[N+](=O)[O-])o2)N2CCOCC2)cc1. The van der Waals surface area contributed by atoms with Crippen LogP contribution in [0.2, 0.25) is 5.02 Å². The van der Waals surface area contributed by atoms with E-state index < -0.39 is 4.92 Å². The number of morpholine rings is 1. The van der Waals surface area contributed by atoms with Crippen LogP contribution in [0.3, 0.4) is 0 Å². The van der Waals surface area contributed by atoms with E-state index in [1.54, 1.807) is 25.3 Å². The van der Waals surface area contributed by atoms with Crippen molar-refractivity contribution in [3.05, 3.63) is 81.1 Å². The number of furan rings is 1. The van der Waals surface area contributed by atoms with Gasteiger partial charge in [0.2, 0.25) is 0 Å². The van der Waals surface area contributed by atoms with Crippen LogP contribution in [-0.2, 0) is 11.3 Å². The largest absolute Gasteiger partial charge is 0.497 e. The number of hydrogen-bond acceptors (Lipinski definition) is 7. The van der Waals surface area contributed by atoms with Gasteiger partial charge in [-0.15, -0.1) is 0 Å². The first kappa shape index (κ1) is 23.3. The molecule has 0 amide bonds. The van der Waals surface area contributed by atoms with Gasteiger partial charge in [0, 0.05) is 36.8 Å². The van der Waals surface area contributed by atoms with Crippen molar-refractivity contribution in [2.75, 3.05) is 40.0 Å². The van der Waals surface area contributed by atoms with Crippen LogP contribution in [-0.4, -0.2) is 49.8 Å². The van der Waals surface area contributed by atoms with Gasteiger partial charge in [0.15, 0.2) is 0 Å². The highest BCUT2D eigenvalue weighted by Crippen LogP contribution is 2.33. The molecule has 3 aromatic rings. The number of nitrogens with one attached hydrogen (secondary N) is 1. The first-order valence-electron chi connectivity index (χ1n) is 10.7. The average Bonchev–Trinajstić information content (AvgIpc) is 3.31. The summed E-state index contributed by atoms with van der Waals surface area (Å²) in [7, 11) is 1.66. The first-order valence-corrected chi connectivity index (χ1v) is 11.1. The van der Waals surface area contributed by atoms with Crippen molar-refractivity contribution in [1.29, 1.82) is 0 Å². The molecule has 1 unspecified atom stereocenters. The second-order valence-electron chi connectivity index (χ2n) is 7.75. The van der Waals surface area contributed by atoms with Crippen LogP contribution >= 0.6 is 11.6 Å². The van der Waals surface area contributed by atoms with Crippen molar-refractivity contribution in [3.8, 4) is 17.1 Å². The van der Waals surface area contributed by atoms with E-state index in [9.17, 15) is 10.1 Å². The van der Waals surface area contributed by atoms with Gasteiger partial charge in [-0.2, -0.15) is 0 Å². The van der Waals surface area contributed by atoms with Gasteiger partial charge in [-0.1, -0.05) is 23.7 Å². The van der Waals surface area contributed by atoms with E-state index in [1.165, 1.54) is 11.6 Å². The Kier molecular flexibility index (Phi) is 7.61. The van der Waals surface area contributed by atoms with Crippen molar-refractivity contribution in [2.45, 2.75) is 12.6 Å². The Hall–Kier alpha value is -2.91. The molecule has 9 heteroatoms. The number of halogens is 1. The van der Waals surface area contributed by atoms with Crippen molar-refractivity contribution >= 4 is 17.3 Å². The number of hydrogen-bond donors (Lipinski definition) is 1. The highest BCUT2D eigenvalue weighted by Gasteiger charge is 2.23. The Morgan fingerprint density at radius 1 is 1.15 bits per heavy atom. The summed E-state index contributed by atoms with van der Waals surface area (Å²) in [6.45, 7) is 4.37. The van der Waals surface area contributed by atoms with Gasteiger partial charge >= 0.3 is 0 Å². The lowest BCUT2D eigenvalue weighted by Crippen LogP contribution is -2.42. The van der Waals surface area contributed by atoms with E-state index in [-0.39, 0.29) is 11.7 Å². The summed E-state index contributed by atoms with van der Waals surface area (Å²) in [6.07, 6.45) is 0. The van der Waals surface area contributed by atoms with E-state index >= 15 is 0 Å². The maximum Gasteiger partial charge on any atom is 0.281 e. The smallest absolute Gasteiger partial charge is 0.281 e. The average molecular weight is 472 g/mol. The molecule has 8 nitrogen and oxygen atoms in total. The number of nitro benzene ring substituents is 1. The third-order valence-corrected chi connectivity index (χ3v) is 5.94. The summed E-state index contributed by atoms with van der Waals surface area (Å²) in [6, 6.07) is 16.4. The molecule has 1 aliphatic rings. The third kappa shape index (κ3) is 5.72. The molecular formula is C24H26ClN3O5. The van der Waals surface area contributed by atoms with Crippen molar-refractivity contribution < 1.29 is 18.8 Å². The van der Waals surface area contributed by atoms with Gasteiger partial charge in [-0.25, -0.2) is 0 Å². The number of benzene rings is 2. The summed E-state index contributed by atoms with van der Waals surface area (Å²) in [5, 5.41) is 15.2. The minimum atomic E-state index is -0.455. The predicted molar refractivity (Wildman–Crippen MR) is 126 cm³/mol. The molecule has 1 aliphatic heterocycles. The Balaban J connectivity index is 1.44. The number of rotatable bonds is 9. The topological polar surface area (TPSA) is 90.0 Å². The second kappa shape index (κ2) is 10.8. The predicted octanol–water partition coefficient (Wildman–Crippen LogP) is 4.68. The monoisotopic (exact) mass is 471 g/mol. The zero-order valence-corrected chi connectivity index (χ0v) is 19.1. The standard InChI is InChI=1S/C24H26ClN3O5/c1-31-19-5-2-17(3-6-19)23(27-10-12-32-13-11-27)16-26-15-20-7-9-24(33-20)21-8-4-18(25)14-22(21)28(29)30/h2-9,14,23,26H,10-13,15-16H2,1H3. The Labute approximate surface area is 197 Å². The van der Waals surface area contributed by atoms with E-state index in [1.807, 2.05) is 18.2 Å². The molecule has 1 atom stereocenters. The summed E-state index contributed by atoms with van der Waals surface area (Å²) in [5.74, 6) is 1.96. The maximum atomic E-state index is 11.4. The van der Waals surface area contributed by atoms with E-state index in [2.05, 4.69) is 22.3 Å². The molecule has 33 heavy (non-hydrogen) atoms. The third-order valence-electron chi connectivity index (χ3n) is 5.71. The lowest BCUT2D eigenvalue weighted by Gasteiger charge is -2.35. The zero-order chi connectivity index (χ0) is 23.2. The van der Waals surface area contributed by atoms with E-state index in [0.717, 1.165) is 18.8 Å². The van der Waals surface area contributed by atoms with Crippen LogP contribution in [0.25, 0.3) is 11.3 Å². The molecule has 1 fully saturated rings. The number of ether oxygens (including phenoxy) is 2. The minimum absolute atomic E-state index is 0.0803.